The van der Waals surface area contributed by atoms with Crippen molar-refractivity contribution in [2.45, 2.75) is 19.9 Å². The Hall–Kier alpha value is -2.20. The largest absolute Gasteiger partial charge is 0.493 e. The molecule has 0 aliphatic heterocycles. The van der Waals surface area contributed by atoms with Crippen LogP contribution in [0.5, 0.6) is 11.5 Å². The Kier molecular flexibility index (Phi) is 13.5. The molecule has 2 rings (SSSR count). The van der Waals surface area contributed by atoms with E-state index in [1.165, 1.54) is 11.1 Å². The number of nitrogens with one attached hydrogen (secondary N) is 2. The quantitative estimate of drug-likeness (QED) is 0.178. The standard InChI is InChI=1S/C24H36N4O3.HI/c1-6-25-24(27-18-20-7-10-21(11-8-20)26-14-16-29-3)28(2)15-13-19-9-12-22(30-4)23(17-19)31-5;/h7-12,17,26H,6,13-16,18H2,1-5H3,(H,25,27);1H. The third-order valence-corrected chi connectivity index (χ3v) is 4.88. The Balaban J connectivity index is 0.00000512. The number of anilines is 1. The molecular weight excluding hydrogens is 519 g/mol. The molecule has 2 N–H and O–H groups in total. The first-order chi connectivity index (χ1) is 15.1. The molecule has 0 amide bonds. The summed E-state index contributed by atoms with van der Waals surface area (Å²) in [6, 6.07) is 14.4. The van der Waals surface area contributed by atoms with E-state index in [1.54, 1.807) is 21.3 Å². The van der Waals surface area contributed by atoms with Crippen molar-refractivity contribution in [2.24, 2.45) is 4.99 Å². The first-order valence-corrected chi connectivity index (χ1v) is 10.6. The van der Waals surface area contributed by atoms with E-state index in [2.05, 4.69) is 59.8 Å². The van der Waals surface area contributed by atoms with Crippen molar-refractivity contribution in [1.82, 2.24) is 10.2 Å². The maximum Gasteiger partial charge on any atom is 0.193 e. The van der Waals surface area contributed by atoms with Crippen molar-refractivity contribution in [2.75, 3.05) is 59.9 Å². The molecule has 32 heavy (non-hydrogen) atoms. The molecule has 0 atom stereocenters. The van der Waals surface area contributed by atoms with Crippen LogP contribution in [0.15, 0.2) is 47.5 Å². The highest BCUT2D eigenvalue weighted by molar-refractivity contribution is 14.0. The van der Waals surface area contributed by atoms with Gasteiger partial charge in [-0.25, -0.2) is 4.99 Å². The van der Waals surface area contributed by atoms with E-state index in [0.717, 1.165) is 49.2 Å². The van der Waals surface area contributed by atoms with Crippen molar-refractivity contribution in [3.63, 3.8) is 0 Å². The van der Waals surface area contributed by atoms with Gasteiger partial charge in [0, 0.05) is 39.5 Å². The van der Waals surface area contributed by atoms with E-state index in [9.17, 15) is 0 Å². The molecule has 0 saturated heterocycles. The number of likely N-dealkylation sites (N-methyl/N-ethyl adjacent to an activating group) is 1. The molecule has 0 heterocycles. The number of ether oxygens (including phenoxy) is 3. The normalized spacial score (nSPS) is 10.8. The molecule has 7 nitrogen and oxygen atoms in total. The Morgan fingerprint density at radius 3 is 2.28 bits per heavy atom. The fourth-order valence-corrected chi connectivity index (χ4v) is 3.10. The van der Waals surface area contributed by atoms with Crippen LogP contribution in [0.4, 0.5) is 5.69 Å². The predicted octanol–water partition coefficient (Wildman–Crippen LogP) is 4.02. The van der Waals surface area contributed by atoms with Gasteiger partial charge >= 0.3 is 0 Å². The molecule has 0 fully saturated rings. The highest BCUT2D eigenvalue weighted by Crippen LogP contribution is 2.27. The summed E-state index contributed by atoms with van der Waals surface area (Å²) in [5.74, 6) is 2.39. The van der Waals surface area contributed by atoms with Gasteiger partial charge in [-0.2, -0.15) is 0 Å². The number of hydrogen-bond acceptors (Lipinski definition) is 5. The van der Waals surface area contributed by atoms with Crippen molar-refractivity contribution in [1.29, 1.82) is 0 Å². The fourth-order valence-electron chi connectivity index (χ4n) is 3.10. The number of benzene rings is 2. The average molecular weight is 556 g/mol. The predicted molar refractivity (Wildman–Crippen MR) is 143 cm³/mol. The maximum atomic E-state index is 5.41. The summed E-state index contributed by atoms with van der Waals surface area (Å²) >= 11 is 0. The minimum Gasteiger partial charge on any atom is -0.493 e. The zero-order valence-corrected chi connectivity index (χ0v) is 22.1. The molecule has 2 aromatic carbocycles. The van der Waals surface area contributed by atoms with Crippen molar-refractivity contribution in [3.8, 4) is 11.5 Å². The smallest absolute Gasteiger partial charge is 0.193 e. The summed E-state index contributed by atoms with van der Waals surface area (Å²) < 4.78 is 15.8. The second-order valence-electron chi connectivity index (χ2n) is 7.15. The number of aliphatic imine (C=N–C) groups is 1. The van der Waals surface area contributed by atoms with Crippen molar-refractivity contribution >= 4 is 35.6 Å². The minimum absolute atomic E-state index is 0. The number of rotatable bonds is 12. The van der Waals surface area contributed by atoms with Crippen LogP contribution in [0, 0.1) is 0 Å². The summed E-state index contributed by atoms with van der Waals surface area (Å²) in [5.41, 5.74) is 3.45. The molecule has 0 aromatic heterocycles. The van der Waals surface area contributed by atoms with E-state index >= 15 is 0 Å². The topological polar surface area (TPSA) is 67.4 Å². The van der Waals surface area contributed by atoms with Crippen LogP contribution < -0.4 is 20.1 Å². The van der Waals surface area contributed by atoms with Gasteiger partial charge in [0.15, 0.2) is 17.5 Å². The van der Waals surface area contributed by atoms with Crippen molar-refractivity contribution in [3.05, 3.63) is 53.6 Å². The lowest BCUT2D eigenvalue weighted by Crippen LogP contribution is -2.39. The number of halogens is 1. The molecule has 0 spiro atoms. The number of nitrogens with zero attached hydrogens (tertiary/aromatic N) is 2. The van der Waals surface area contributed by atoms with Crippen LogP contribution in [-0.2, 0) is 17.7 Å². The summed E-state index contributed by atoms with van der Waals surface area (Å²) in [4.78, 5) is 6.96. The van der Waals surface area contributed by atoms with E-state index in [0.29, 0.717) is 13.2 Å². The van der Waals surface area contributed by atoms with E-state index < -0.39 is 0 Å². The molecule has 0 saturated carbocycles. The lowest BCUT2D eigenvalue weighted by Gasteiger charge is -2.22. The maximum absolute atomic E-state index is 5.41. The first-order valence-electron chi connectivity index (χ1n) is 10.6. The SMILES string of the molecule is CCNC(=NCc1ccc(NCCOC)cc1)N(C)CCc1ccc(OC)c(OC)c1.I. The van der Waals surface area contributed by atoms with E-state index in [1.807, 2.05) is 12.1 Å². The van der Waals surface area contributed by atoms with Gasteiger partial charge in [0.05, 0.1) is 27.4 Å². The lowest BCUT2D eigenvalue weighted by atomic mass is 10.1. The van der Waals surface area contributed by atoms with Gasteiger partial charge in [-0.15, -0.1) is 24.0 Å². The molecule has 0 bridgehead atoms. The highest BCUT2D eigenvalue weighted by atomic mass is 127. The van der Waals surface area contributed by atoms with Crippen LogP contribution >= 0.6 is 24.0 Å². The van der Waals surface area contributed by atoms with Gasteiger partial charge < -0.3 is 29.7 Å². The minimum atomic E-state index is 0. The molecule has 2 aromatic rings. The van der Waals surface area contributed by atoms with Gasteiger partial charge in [-0.1, -0.05) is 18.2 Å². The summed E-state index contributed by atoms with van der Waals surface area (Å²) in [5, 5.41) is 6.71. The van der Waals surface area contributed by atoms with Gasteiger partial charge in [0.1, 0.15) is 0 Å². The molecular formula is C24H37IN4O3. The van der Waals surface area contributed by atoms with Gasteiger partial charge in [-0.05, 0) is 48.7 Å². The van der Waals surface area contributed by atoms with Crippen molar-refractivity contribution < 1.29 is 14.2 Å². The molecule has 0 unspecified atom stereocenters. The summed E-state index contributed by atoms with van der Waals surface area (Å²) in [6.07, 6.45) is 0.878. The van der Waals surface area contributed by atoms with Crippen LogP contribution in [0.25, 0.3) is 0 Å². The van der Waals surface area contributed by atoms with Gasteiger partial charge in [0.25, 0.3) is 0 Å². The number of guanidine groups is 1. The Morgan fingerprint density at radius 2 is 1.66 bits per heavy atom. The average Bonchev–Trinajstić information content (AvgIpc) is 2.81. The zero-order chi connectivity index (χ0) is 22.5. The third-order valence-electron chi connectivity index (χ3n) is 4.88. The Bertz CT molecular complexity index is 815. The highest BCUT2D eigenvalue weighted by Gasteiger charge is 2.08. The first kappa shape index (κ1) is 27.8. The molecule has 8 heteroatoms. The van der Waals surface area contributed by atoms with Gasteiger partial charge in [-0.3, -0.25) is 0 Å². The summed E-state index contributed by atoms with van der Waals surface area (Å²) in [7, 11) is 7.07. The monoisotopic (exact) mass is 556 g/mol. The van der Waals surface area contributed by atoms with Crippen LogP contribution in [0.2, 0.25) is 0 Å². The Morgan fingerprint density at radius 1 is 0.969 bits per heavy atom. The van der Waals surface area contributed by atoms with Gasteiger partial charge in [0.2, 0.25) is 0 Å². The Labute approximate surface area is 209 Å². The van der Waals surface area contributed by atoms with E-state index in [4.69, 9.17) is 19.2 Å². The summed E-state index contributed by atoms with van der Waals surface area (Å²) in [6.45, 7) is 5.85. The molecule has 0 radical (unpaired) electrons. The second-order valence-corrected chi connectivity index (χ2v) is 7.15. The lowest BCUT2D eigenvalue weighted by molar-refractivity contribution is 0.211. The van der Waals surface area contributed by atoms with Crippen LogP contribution in [0.1, 0.15) is 18.1 Å². The zero-order valence-electron chi connectivity index (χ0n) is 19.8. The molecule has 178 valence electrons. The second kappa shape index (κ2) is 15.6. The third kappa shape index (κ3) is 9.12. The number of methoxy groups -OCH3 is 3. The molecule has 0 aliphatic carbocycles. The van der Waals surface area contributed by atoms with Crippen LogP contribution in [-0.4, -0.2) is 65.5 Å². The van der Waals surface area contributed by atoms with E-state index in [-0.39, 0.29) is 24.0 Å². The van der Waals surface area contributed by atoms with Crippen LogP contribution in [0.3, 0.4) is 0 Å². The fraction of sp³-hybridized carbons (Fsp3) is 0.458. The number of hydrogen-bond donors (Lipinski definition) is 2. The molecule has 0 aliphatic rings.